The van der Waals surface area contributed by atoms with Crippen LogP contribution in [0.25, 0.3) is 0 Å². The summed E-state index contributed by atoms with van der Waals surface area (Å²) in [5.74, 6) is 0. The molecule has 19 heavy (non-hydrogen) atoms. The van der Waals surface area contributed by atoms with Crippen LogP contribution in [-0.2, 0) is 11.2 Å². The summed E-state index contributed by atoms with van der Waals surface area (Å²) in [4.78, 5) is 0. The molecule has 1 N–H and O–H groups in total. The third kappa shape index (κ3) is 3.37. The van der Waals surface area contributed by atoms with Gasteiger partial charge in [0.25, 0.3) is 0 Å². The van der Waals surface area contributed by atoms with Crippen LogP contribution in [0, 0.1) is 13.8 Å². The fourth-order valence-electron chi connectivity index (χ4n) is 2.99. The van der Waals surface area contributed by atoms with Gasteiger partial charge in [-0.05, 0) is 50.3 Å². The van der Waals surface area contributed by atoms with Gasteiger partial charge in [-0.25, -0.2) is 0 Å². The molecule has 0 bridgehead atoms. The zero-order chi connectivity index (χ0) is 14.1. The van der Waals surface area contributed by atoms with Gasteiger partial charge in [0.05, 0.1) is 17.8 Å². The van der Waals surface area contributed by atoms with Crippen LogP contribution in [0.5, 0.6) is 0 Å². The molecule has 1 heterocycles. The molecule has 1 aliphatic heterocycles. The Bertz CT molecular complexity index is 455. The summed E-state index contributed by atoms with van der Waals surface area (Å²) in [5, 5.41) is 10.9. The quantitative estimate of drug-likeness (QED) is 0.902. The fourth-order valence-corrected chi connectivity index (χ4v) is 2.99. The number of hydrogen-bond acceptors (Lipinski definition) is 2. The Morgan fingerprint density at radius 1 is 1.26 bits per heavy atom. The fraction of sp³-hybridized carbons (Fsp3) is 0.647. The number of hydrogen-bond donors (Lipinski definition) is 1. The van der Waals surface area contributed by atoms with E-state index in [-0.39, 0.29) is 5.60 Å². The van der Waals surface area contributed by atoms with E-state index in [0.29, 0.717) is 6.61 Å². The van der Waals surface area contributed by atoms with Crippen LogP contribution in [0.1, 0.15) is 49.8 Å². The first kappa shape index (κ1) is 14.5. The lowest BCUT2D eigenvalue weighted by Gasteiger charge is -2.43. The van der Waals surface area contributed by atoms with Crippen molar-refractivity contribution in [1.29, 1.82) is 0 Å². The Morgan fingerprint density at radius 2 is 2.00 bits per heavy atom. The molecule has 0 radical (unpaired) electrons. The highest BCUT2D eigenvalue weighted by molar-refractivity contribution is 5.30. The lowest BCUT2D eigenvalue weighted by molar-refractivity contribution is -0.152. The van der Waals surface area contributed by atoms with Crippen molar-refractivity contribution in [2.75, 3.05) is 6.61 Å². The van der Waals surface area contributed by atoms with E-state index >= 15 is 0 Å². The molecule has 1 aromatic carbocycles. The lowest BCUT2D eigenvalue weighted by Crippen LogP contribution is -2.48. The van der Waals surface area contributed by atoms with Crippen LogP contribution in [-0.4, -0.2) is 22.9 Å². The Balaban J connectivity index is 2.14. The van der Waals surface area contributed by atoms with E-state index in [1.165, 1.54) is 16.7 Å². The number of aliphatic hydroxyl groups is 1. The van der Waals surface area contributed by atoms with Crippen LogP contribution in [0.3, 0.4) is 0 Å². The van der Waals surface area contributed by atoms with E-state index in [4.69, 9.17) is 4.74 Å². The highest BCUT2D eigenvalue weighted by Gasteiger charge is 2.40. The van der Waals surface area contributed by atoms with Crippen LogP contribution < -0.4 is 0 Å². The second kappa shape index (κ2) is 5.26. The summed E-state index contributed by atoms with van der Waals surface area (Å²) in [6.45, 7) is 9.14. The first-order chi connectivity index (χ1) is 8.86. The predicted molar refractivity (Wildman–Crippen MR) is 78.5 cm³/mol. The molecule has 106 valence electrons. The van der Waals surface area contributed by atoms with Crippen molar-refractivity contribution in [1.82, 2.24) is 0 Å². The minimum Gasteiger partial charge on any atom is -0.389 e. The molecule has 0 saturated carbocycles. The summed E-state index contributed by atoms with van der Waals surface area (Å²) >= 11 is 0. The minimum absolute atomic E-state index is 0.174. The van der Waals surface area contributed by atoms with Gasteiger partial charge in [-0.2, -0.15) is 0 Å². The maximum atomic E-state index is 10.9. The molecule has 1 aliphatic rings. The van der Waals surface area contributed by atoms with Crippen molar-refractivity contribution in [3.8, 4) is 0 Å². The molecule has 1 saturated heterocycles. The van der Waals surface area contributed by atoms with E-state index in [0.717, 1.165) is 25.7 Å². The van der Waals surface area contributed by atoms with Crippen molar-refractivity contribution in [3.05, 3.63) is 34.9 Å². The largest absolute Gasteiger partial charge is 0.389 e. The average Bonchev–Trinajstić information content (AvgIpc) is 2.33. The van der Waals surface area contributed by atoms with Gasteiger partial charge in [-0.1, -0.05) is 25.1 Å². The monoisotopic (exact) mass is 262 g/mol. The predicted octanol–water partition coefficient (Wildman–Crippen LogP) is 3.56. The van der Waals surface area contributed by atoms with Crippen molar-refractivity contribution >= 4 is 0 Å². The molecule has 2 nitrogen and oxygen atoms in total. The SMILES string of the molecule is CCC1(C)CC(O)(Cc2ccc(C)c(C)c2)CCO1. The van der Waals surface area contributed by atoms with Gasteiger partial charge in [-0.3, -0.25) is 0 Å². The average molecular weight is 262 g/mol. The van der Waals surface area contributed by atoms with Gasteiger partial charge in [0.2, 0.25) is 0 Å². The molecule has 0 spiro atoms. The Kier molecular flexibility index (Phi) is 4.03. The maximum Gasteiger partial charge on any atom is 0.0737 e. The molecule has 2 rings (SSSR count). The second-order valence-electron chi connectivity index (χ2n) is 6.40. The van der Waals surface area contributed by atoms with E-state index in [1.807, 2.05) is 0 Å². The molecule has 0 aromatic heterocycles. The molecule has 0 aliphatic carbocycles. The standard InChI is InChI=1S/C17H26O2/c1-5-16(4)12-17(18,8-9-19-16)11-15-7-6-13(2)14(3)10-15/h6-7,10,18H,5,8-9,11-12H2,1-4H3. The maximum absolute atomic E-state index is 10.9. The van der Waals surface area contributed by atoms with Gasteiger partial charge in [0.15, 0.2) is 0 Å². The lowest BCUT2D eigenvalue weighted by atomic mass is 9.78. The molecule has 1 fully saturated rings. The van der Waals surface area contributed by atoms with Crippen molar-refractivity contribution < 1.29 is 9.84 Å². The summed E-state index contributed by atoms with van der Waals surface area (Å²) in [5.41, 5.74) is 3.04. The molecular weight excluding hydrogens is 236 g/mol. The Morgan fingerprint density at radius 3 is 2.63 bits per heavy atom. The smallest absolute Gasteiger partial charge is 0.0737 e. The van der Waals surface area contributed by atoms with Crippen molar-refractivity contribution in [2.45, 2.75) is 64.6 Å². The summed E-state index contributed by atoms with van der Waals surface area (Å²) in [6.07, 6.45) is 3.13. The van der Waals surface area contributed by atoms with Gasteiger partial charge >= 0.3 is 0 Å². The summed E-state index contributed by atoms with van der Waals surface area (Å²) in [7, 11) is 0. The molecule has 2 unspecified atom stereocenters. The van der Waals surface area contributed by atoms with Crippen LogP contribution >= 0.6 is 0 Å². The molecule has 2 atom stereocenters. The normalized spacial score (nSPS) is 31.4. The highest BCUT2D eigenvalue weighted by atomic mass is 16.5. The number of ether oxygens (including phenoxy) is 1. The Hall–Kier alpha value is -0.860. The Labute approximate surface area is 116 Å². The zero-order valence-electron chi connectivity index (χ0n) is 12.6. The van der Waals surface area contributed by atoms with Gasteiger partial charge in [-0.15, -0.1) is 0 Å². The molecule has 2 heteroatoms. The van der Waals surface area contributed by atoms with Gasteiger partial charge in [0, 0.05) is 12.8 Å². The van der Waals surface area contributed by atoms with Crippen LogP contribution in [0.4, 0.5) is 0 Å². The van der Waals surface area contributed by atoms with E-state index in [2.05, 4.69) is 45.9 Å². The van der Waals surface area contributed by atoms with E-state index < -0.39 is 5.60 Å². The first-order valence-electron chi connectivity index (χ1n) is 7.28. The highest BCUT2D eigenvalue weighted by Crippen LogP contribution is 2.36. The molecular formula is C17H26O2. The summed E-state index contributed by atoms with van der Waals surface area (Å²) in [6, 6.07) is 6.48. The molecule has 1 aromatic rings. The first-order valence-corrected chi connectivity index (χ1v) is 7.28. The zero-order valence-corrected chi connectivity index (χ0v) is 12.6. The van der Waals surface area contributed by atoms with E-state index in [1.54, 1.807) is 0 Å². The topological polar surface area (TPSA) is 29.5 Å². The second-order valence-corrected chi connectivity index (χ2v) is 6.40. The summed E-state index contributed by atoms with van der Waals surface area (Å²) < 4.78 is 5.83. The molecule has 0 amide bonds. The number of benzene rings is 1. The third-order valence-corrected chi connectivity index (χ3v) is 4.57. The van der Waals surface area contributed by atoms with Crippen molar-refractivity contribution in [3.63, 3.8) is 0 Å². The minimum atomic E-state index is -0.620. The third-order valence-electron chi connectivity index (χ3n) is 4.57. The van der Waals surface area contributed by atoms with Crippen molar-refractivity contribution in [2.24, 2.45) is 0 Å². The van der Waals surface area contributed by atoms with E-state index in [9.17, 15) is 5.11 Å². The van der Waals surface area contributed by atoms with Gasteiger partial charge < -0.3 is 9.84 Å². The number of aryl methyl sites for hydroxylation is 2. The van der Waals surface area contributed by atoms with Crippen LogP contribution in [0.15, 0.2) is 18.2 Å². The van der Waals surface area contributed by atoms with Crippen LogP contribution in [0.2, 0.25) is 0 Å². The van der Waals surface area contributed by atoms with Gasteiger partial charge in [0.1, 0.15) is 0 Å². The number of rotatable bonds is 3.